The van der Waals surface area contributed by atoms with E-state index in [2.05, 4.69) is 61.0 Å². The quantitative estimate of drug-likeness (QED) is 0.302. The Morgan fingerprint density at radius 1 is 0.615 bits per heavy atom. The Labute approximate surface area is 164 Å². The highest BCUT2D eigenvalue weighted by atomic mass is 32.2. The lowest BCUT2D eigenvalue weighted by Gasteiger charge is -2.17. The molecule has 0 N–H and O–H groups in total. The minimum absolute atomic E-state index is 0.739. The van der Waals surface area contributed by atoms with Gasteiger partial charge in [-0.05, 0) is 36.9 Å². The molecular weight excluding hydrogens is 360 g/mol. The van der Waals surface area contributed by atoms with E-state index < -0.39 is 0 Å². The third kappa shape index (κ3) is 4.41. The maximum atomic E-state index is 6.26. The molecule has 3 aromatic carbocycles. The lowest BCUT2D eigenvalue weighted by atomic mass is 10.0. The lowest BCUT2D eigenvalue weighted by molar-refractivity contribution is 0.321. The second-order valence-corrected chi connectivity index (χ2v) is 8.11. The number of fused-ring (bicyclic) bond motifs is 2. The molecule has 0 radical (unpaired) electrons. The van der Waals surface area contributed by atoms with Gasteiger partial charge in [-0.1, -0.05) is 48.5 Å². The third-order valence-electron chi connectivity index (χ3n) is 4.31. The first-order valence-electron chi connectivity index (χ1n) is 9.03. The maximum absolute atomic E-state index is 6.26. The van der Waals surface area contributed by atoms with E-state index in [-0.39, 0.29) is 0 Å². The van der Waals surface area contributed by atoms with Gasteiger partial charge in [-0.25, -0.2) is 0 Å². The Bertz CT molecular complexity index is 721. The van der Waals surface area contributed by atoms with E-state index in [0.717, 1.165) is 70.6 Å². The van der Waals surface area contributed by atoms with E-state index in [0.29, 0.717) is 0 Å². The van der Waals surface area contributed by atoms with E-state index in [1.807, 2.05) is 23.5 Å². The van der Waals surface area contributed by atoms with Crippen LogP contribution in [0.4, 0.5) is 0 Å². The standard InChI is InChI=1S/C22H26O2S2/c1-25-15-7-13-23-21-17-9-3-5-11-19(17)22(24-14-8-16-26-2)20-12-6-4-10-18(20)21/h3-6,9-12H,7-8,13-16H2,1-2H3. The summed E-state index contributed by atoms with van der Waals surface area (Å²) < 4.78 is 12.5. The SMILES string of the molecule is CSCCCOc1c2ccccc2c(OCCCSC)c2ccccc12. The molecular formula is C22H26O2S2. The van der Waals surface area contributed by atoms with Crippen LogP contribution < -0.4 is 9.47 Å². The van der Waals surface area contributed by atoms with E-state index in [4.69, 9.17) is 9.47 Å². The van der Waals surface area contributed by atoms with Crippen LogP contribution in [-0.4, -0.2) is 37.2 Å². The molecule has 0 heterocycles. The molecule has 0 aliphatic carbocycles. The monoisotopic (exact) mass is 386 g/mol. The molecule has 4 heteroatoms. The van der Waals surface area contributed by atoms with Gasteiger partial charge >= 0.3 is 0 Å². The summed E-state index contributed by atoms with van der Waals surface area (Å²) in [5.74, 6) is 4.20. The number of hydrogen-bond acceptors (Lipinski definition) is 4. The number of benzene rings is 3. The van der Waals surface area contributed by atoms with Crippen molar-refractivity contribution in [2.45, 2.75) is 12.8 Å². The van der Waals surface area contributed by atoms with Crippen LogP contribution in [0.25, 0.3) is 21.5 Å². The largest absolute Gasteiger partial charge is 0.492 e. The van der Waals surface area contributed by atoms with Gasteiger partial charge < -0.3 is 9.47 Å². The van der Waals surface area contributed by atoms with E-state index in [1.54, 1.807) is 0 Å². The topological polar surface area (TPSA) is 18.5 Å². The van der Waals surface area contributed by atoms with Crippen LogP contribution in [0.5, 0.6) is 11.5 Å². The highest BCUT2D eigenvalue weighted by Crippen LogP contribution is 2.42. The van der Waals surface area contributed by atoms with Crippen molar-refractivity contribution in [2.75, 3.05) is 37.2 Å². The molecule has 0 aliphatic rings. The van der Waals surface area contributed by atoms with Crippen LogP contribution in [0.15, 0.2) is 48.5 Å². The average molecular weight is 387 g/mol. The highest BCUT2D eigenvalue weighted by Gasteiger charge is 2.15. The second kappa shape index (κ2) is 9.98. The minimum Gasteiger partial charge on any atom is -0.492 e. The van der Waals surface area contributed by atoms with E-state index in [9.17, 15) is 0 Å². The lowest BCUT2D eigenvalue weighted by Crippen LogP contribution is -2.03. The Balaban J connectivity index is 2.03. The summed E-state index contributed by atoms with van der Waals surface area (Å²) in [5, 5.41) is 4.54. The molecule has 3 rings (SSSR count). The molecule has 26 heavy (non-hydrogen) atoms. The summed E-state index contributed by atoms with van der Waals surface area (Å²) >= 11 is 3.72. The van der Waals surface area contributed by atoms with Crippen molar-refractivity contribution >= 4 is 45.1 Å². The van der Waals surface area contributed by atoms with Gasteiger partial charge in [0.2, 0.25) is 0 Å². The Morgan fingerprint density at radius 2 is 0.962 bits per heavy atom. The van der Waals surface area contributed by atoms with Crippen LogP contribution in [0, 0.1) is 0 Å². The molecule has 138 valence electrons. The molecule has 0 saturated heterocycles. The van der Waals surface area contributed by atoms with Crippen molar-refractivity contribution in [1.29, 1.82) is 0 Å². The number of thioether (sulfide) groups is 2. The van der Waals surface area contributed by atoms with Crippen LogP contribution in [0.2, 0.25) is 0 Å². The first-order chi connectivity index (χ1) is 12.9. The van der Waals surface area contributed by atoms with Gasteiger partial charge in [0.05, 0.1) is 13.2 Å². The van der Waals surface area contributed by atoms with Gasteiger partial charge in [0.15, 0.2) is 0 Å². The first-order valence-corrected chi connectivity index (χ1v) is 11.8. The zero-order valence-corrected chi connectivity index (χ0v) is 17.1. The average Bonchev–Trinajstić information content (AvgIpc) is 2.69. The highest BCUT2D eigenvalue weighted by molar-refractivity contribution is 7.98. The summed E-state index contributed by atoms with van der Waals surface area (Å²) in [5.41, 5.74) is 0. The molecule has 0 saturated carbocycles. The van der Waals surface area contributed by atoms with Crippen LogP contribution >= 0.6 is 23.5 Å². The molecule has 0 amide bonds. The van der Waals surface area contributed by atoms with Gasteiger partial charge in [-0.2, -0.15) is 23.5 Å². The molecule has 3 aromatic rings. The second-order valence-electron chi connectivity index (χ2n) is 6.14. The van der Waals surface area contributed by atoms with Gasteiger partial charge in [0.1, 0.15) is 11.5 Å². The molecule has 0 atom stereocenters. The molecule has 0 aliphatic heterocycles. The Kier molecular flexibility index (Phi) is 7.39. The van der Waals surface area contributed by atoms with Gasteiger partial charge in [0, 0.05) is 21.5 Å². The number of hydrogen-bond donors (Lipinski definition) is 0. The van der Waals surface area contributed by atoms with Gasteiger partial charge in [-0.3, -0.25) is 0 Å². The third-order valence-corrected chi connectivity index (χ3v) is 5.70. The van der Waals surface area contributed by atoms with Crippen molar-refractivity contribution in [3.05, 3.63) is 48.5 Å². The summed E-state index contributed by atoms with van der Waals surface area (Å²) in [6.07, 6.45) is 6.37. The van der Waals surface area contributed by atoms with Crippen LogP contribution in [0.3, 0.4) is 0 Å². The summed E-state index contributed by atoms with van der Waals surface area (Å²) in [6.45, 7) is 1.48. The fourth-order valence-corrected chi connectivity index (χ4v) is 3.93. The summed E-state index contributed by atoms with van der Waals surface area (Å²) in [6, 6.07) is 16.8. The fourth-order valence-electron chi connectivity index (χ4n) is 3.11. The van der Waals surface area contributed by atoms with Crippen molar-refractivity contribution in [3.8, 4) is 11.5 Å². The van der Waals surface area contributed by atoms with Crippen molar-refractivity contribution < 1.29 is 9.47 Å². The van der Waals surface area contributed by atoms with Crippen molar-refractivity contribution in [3.63, 3.8) is 0 Å². The predicted molar refractivity (Wildman–Crippen MR) is 118 cm³/mol. The van der Waals surface area contributed by atoms with Gasteiger partial charge in [0.25, 0.3) is 0 Å². The normalized spacial score (nSPS) is 11.2. The van der Waals surface area contributed by atoms with Crippen LogP contribution in [0.1, 0.15) is 12.8 Å². The van der Waals surface area contributed by atoms with Crippen molar-refractivity contribution in [2.24, 2.45) is 0 Å². The Hall–Kier alpha value is -1.52. The maximum Gasteiger partial charge on any atom is 0.135 e. The molecule has 0 unspecified atom stereocenters. The number of ether oxygens (including phenoxy) is 2. The molecule has 0 bridgehead atoms. The van der Waals surface area contributed by atoms with E-state index >= 15 is 0 Å². The zero-order valence-electron chi connectivity index (χ0n) is 15.5. The van der Waals surface area contributed by atoms with Crippen molar-refractivity contribution in [1.82, 2.24) is 0 Å². The van der Waals surface area contributed by atoms with E-state index in [1.165, 1.54) is 0 Å². The zero-order chi connectivity index (χ0) is 18.2. The predicted octanol–water partition coefficient (Wildman–Crippen LogP) is 6.26. The first kappa shape index (κ1) is 19.2. The molecule has 0 spiro atoms. The summed E-state index contributed by atoms with van der Waals surface area (Å²) in [7, 11) is 0. The molecule has 0 fully saturated rings. The molecule has 2 nitrogen and oxygen atoms in total. The minimum atomic E-state index is 0.739. The number of rotatable bonds is 10. The van der Waals surface area contributed by atoms with Crippen LogP contribution in [-0.2, 0) is 0 Å². The van der Waals surface area contributed by atoms with Gasteiger partial charge in [-0.15, -0.1) is 0 Å². The summed E-state index contributed by atoms with van der Waals surface area (Å²) in [4.78, 5) is 0. The fraction of sp³-hybridized carbons (Fsp3) is 0.364. The Morgan fingerprint density at radius 3 is 1.27 bits per heavy atom. The smallest absolute Gasteiger partial charge is 0.135 e. The molecule has 0 aromatic heterocycles.